The van der Waals surface area contributed by atoms with E-state index in [9.17, 15) is 13.6 Å². The summed E-state index contributed by atoms with van der Waals surface area (Å²) in [5.74, 6) is -2.40. The van der Waals surface area contributed by atoms with Crippen molar-refractivity contribution in [2.45, 2.75) is 25.2 Å². The number of nitrogen functional groups attached to an aromatic ring is 1. The van der Waals surface area contributed by atoms with E-state index in [1.807, 2.05) is 6.07 Å². The molecule has 3 aromatic rings. The third-order valence-electron chi connectivity index (χ3n) is 4.86. The largest absolute Gasteiger partial charge is 0.494 e. The lowest BCUT2D eigenvalue weighted by molar-refractivity contribution is -0.0126. The van der Waals surface area contributed by atoms with Gasteiger partial charge in [-0.05, 0) is 18.6 Å². The van der Waals surface area contributed by atoms with Crippen molar-refractivity contribution in [3.63, 3.8) is 0 Å². The maximum Gasteiger partial charge on any atom is 0.274 e. The molecule has 142 valence electrons. The van der Waals surface area contributed by atoms with Crippen LogP contribution in [-0.4, -0.2) is 51.3 Å². The molecule has 1 aliphatic rings. The van der Waals surface area contributed by atoms with E-state index in [1.54, 1.807) is 12.1 Å². The predicted molar refractivity (Wildman–Crippen MR) is 96.2 cm³/mol. The Morgan fingerprint density at radius 1 is 1.26 bits per heavy atom. The van der Waals surface area contributed by atoms with Gasteiger partial charge in [0.1, 0.15) is 22.6 Å². The fourth-order valence-corrected chi connectivity index (χ4v) is 3.43. The topological polar surface area (TPSA) is 85.8 Å². The molecule has 27 heavy (non-hydrogen) atoms. The summed E-state index contributed by atoms with van der Waals surface area (Å²) < 4.78 is 34.0. The molecule has 1 aliphatic heterocycles. The Labute approximate surface area is 153 Å². The zero-order chi connectivity index (χ0) is 19.2. The van der Waals surface area contributed by atoms with E-state index in [1.165, 1.54) is 22.6 Å². The van der Waals surface area contributed by atoms with E-state index in [-0.39, 0.29) is 49.9 Å². The number of aromatic nitrogens is 3. The van der Waals surface area contributed by atoms with Gasteiger partial charge in [0.15, 0.2) is 0 Å². The molecule has 1 aromatic carbocycles. The van der Waals surface area contributed by atoms with E-state index in [2.05, 4.69) is 9.97 Å². The van der Waals surface area contributed by atoms with E-state index in [0.717, 1.165) is 0 Å². The lowest BCUT2D eigenvalue weighted by atomic mass is 10.1. The minimum Gasteiger partial charge on any atom is -0.494 e. The molecule has 7 nitrogen and oxygen atoms in total. The van der Waals surface area contributed by atoms with Crippen LogP contribution in [0.15, 0.2) is 24.4 Å². The highest BCUT2D eigenvalue weighted by Crippen LogP contribution is 2.30. The normalized spacial score (nSPS) is 17.2. The van der Waals surface area contributed by atoms with E-state index < -0.39 is 5.92 Å². The van der Waals surface area contributed by atoms with E-state index >= 15 is 0 Å². The number of halogens is 2. The third-order valence-corrected chi connectivity index (χ3v) is 4.86. The van der Waals surface area contributed by atoms with E-state index in [4.69, 9.17) is 10.5 Å². The highest BCUT2D eigenvalue weighted by atomic mass is 19.3. The first-order chi connectivity index (χ1) is 12.9. The van der Waals surface area contributed by atoms with Crippen molar-refractivity contribution in [3.8, 4) is 5.75 Å². The van der Waals surface area contributed by atoms with Gasteiger partial charge in [-0.2, -0.15) is 0 Å². The number of hydrogen-bond acceptors (Lipinski definition) is 5. The number of benzene rings is 1. The number of carbonyl (C=O) groups excluding carboxylic acids is 1. The molecule has 0 aliphatic carbocycles. The number of amides is 1. The van der Waals surface area contributed by atoms with Crippen molar-refractivity contribution in [1.82, 2.24) is 19.3 Å². The molecular weight excluding hydrogens is 356 g/mol. The summed E-state index contributed by atoms with van der Waals surface area (Å²) in [7, 11) is 1.53. The number of nitrogens with zero attached hydrogens (tertiary/aromatic N) is 4. The number of methoxy groups -OCH3 is 1. The first-order valence-electron chi connectivity index (χ1n) is 8.68. The van der Waals surface area contributed by atoms with Gasteiger partial charge in [-0.3, -0.25) is 9.20 Å². The lowest BCUT2D eigenvalue weighted by Crippen LogP contribution is -2.32. The number of para-hydroxylation sites is 1. The molecule has 1 amide bonds. The number of nitrogens with two attached hydrogens (primary N) is 1. The SMILES string of the molecule is COc1cccc2c1nc(N)n1cc(C(=O)N3CCCC(F)(F)CC3)nc21. The number of hydrogen-bond donors (Lipinski definition) is 1. The lowest BCUT2D eigenvalue weighted by Gasteiger charge is -2.19. The summed E-state index contributed by atoms with van der Waals surface area (Å²) in [5.41, 5.74) is 7.20. The molecule has 0 radical (unpaired) electrons. The summed E-state index contributed by atoms with van der Waals surface area (Å²) in [6.45, 7) is 0.284. The van der Waals surface area contributed by atoms with Gasteiger partial charge in [0, 0.05) is 37.5 Å². The van der Waals surface area contributed by atoms with Crippen LogP contribution < -0.4 is 10.5 Å². The summed E-state index contributed by atoms with van der Waals surface area (Å²) in [4.78, 5) is 23.0. The maximum atomic E-state index is 13.6. The maximum absolute atomic E-state index is 13.6. The standard InChI is InChI=1S/C18H19F2N5O2/c1-27-13-5-2-4-11-14(13)23-17(21)25-10-12(22-15(11)25)16(26)24-8-3-6-18(19,20)7-9-24/h2,4-5,10H,3,6-9H2,1H3,(H2,21,23). The summed E-state index contributed by atoms with van der Waals surface area (Å²) in [6.07, 6.45) is 1.22. The number of alkyl halides is 2. The average Bonchev–Trinajstić information content (AvgIpc) is 3.02. The van der Waals surface area contributed by atoms with Crippen molar-refractivity contribution < 1.29 is 18.3 Å². The number of fused-ring (bicyclic) bond motifs is 3. The van der Waals surface area contributed by atoms with Crippen molar-refractivity contribution >= 4 is 28.4 Å². The molecule has 2 aromatic heterocycles. The molecular formula is C18H19F2N5O2. The molecule has 0 atom stereocenters. The number of imidazole rings is 1. The number of rotatable bonds is 2. The second-order valence-corrected chi connectivity index (χ2v) is 6.65. The van der Waals surface area contributed by atoms with Gasteiger partial charge < -0.3 is 15.4 Å². The summed E-state index contributed by atoms with van der Waals surface area (Å²) in [6, 6.07) is 5.37. The van der Waals surface area contributed by atoms with Crippen molar-refractivity contribution in [2.24, 2.45) is 0 Å². The predicted octanol–water partition coefficient (Wildman–Crippen LogP) is 2.73. The van der Waals surface area contributed by atoms with Gasteiger partial charge in [0.25, 0.3) is 5.91 Å². The monoisotopic (exact) mass is 375 g/mol. The second-order valence-electron chi connectivity index (χ2n) is 6.65. The van der Waals surface area contributed by atoms with Crippen LogP contribution in [0, 0.1) is 0 Å². The molecule has 0 unspecified atom stereocenters. The van der Waals surface area contributed by atoms with Crippen molar-refractivity contribution in [2.75, 3.05) is 25.9 Å². The highest BCUT2D eigenvalue weighted by molar-refractivity contribution is 5.99. The average molecular weight is 375 g/mol. The molecule has 0 spiro atoms. The molecule has 0 bridgehead atoms. The molecule has 3 heterocycles. The third kappa shape index (κ3) is 3.02. The Hall–Kier alpha value is -2.97. The zero-order valence-electron chi connectivity index (χ0n) is 14.8. The fraction of sp³-hybridized carbons (Fsp3) is 0.389. The first-order valence-corrected chi connectivity index (χ1v) is 8.68. The van der Waals surface area contributed by atoms with Gasteiger partial charge in [-0.15, -0.1) is 0 Å². The van der Waals surface area contributed by atoms with Gasteiger partial charge in [0.2, 0.25) is 11.9 Å². The Balaban J connectivity index is 1.76. The van der Waals surface area contributed by atoms with Crippen LogP contribution in [0.5, 0.6) is 5.75 Å². The number of anilines is 1. The van der Waals surface area contributed by atoms with Crippen LogP contribution in [0.2, 0.25) is 0 Å². The molecule has 1 saturated heterocycles. The van der Waals surface area contributed by atoms with Crippen LogP contribution in [-0.2, 0) is 0 Å². The van der Waals surface area contributed by atoms with Crippen LogP contribution in [0.1, 0.15) is 29.8 Å². The van der Waals surface area contributed by atoms with Gasteiger partial charge in [-0.1, -0.05) is 6.07 Å². The minimum atomic E-state index is -2.73. The van der Waals surface area contributed by atoms with Crippen molar-refractivity contribution in [1.29, 1.82) is 0 Å². The molecule has 4 rings (SSSR count). The second kappa shape index (κ2) is 6.33. The molecule has 9 heteroatoms. The van der Waals surface area contributed by atoms with Crippen LogP contribution in [0.25, 0.3) is 16.6 Å². The van der Waals surface area contributed by atoms with Gasteiger partial charge in [0.05, 0.1) is 7.11 Å². The van der Waals surface area contributed by atoms with Gasteiger partial charge in [-0.25, -0.2) is 18.7 Å². The Bertz CT molecular complexity index is 1030. The molecule has 2 N–H and O–H groups in total. The summed E-state index contributed by atoms with van der Waals surface area (Å²) in [5, 5.41) is 0.685. The molecule has 1 fully saturated rings. The fourth-order valence-electron chi connectivity index (χ4n) is 3.43. The van der Waals surface area contributed by atoms with Crippen LogP contribution >= 0.6 is 0 Å². The zero-order valence-corrected chi connectivity index (χ0v) is 14.8. The Morgan fingerprint density at radius 2 is 2.07 bits per heavy atom. The van der Waals surface area contributed by atoms with E-state index in [0.29, 0.717) is 22.3 Å². The van der Waals surface area contributed by atoms with Crippen LogP contribution in [0.4, 0.5) is 14.7 Å². The number of likely N-dealkylation sites (tertiary alicyclic amines) is 1. The Kier molecular flexibility index (Phi) is 4.09. The van der Waals surface area contributed by atoms with Crippen LogP contribution in [0.3, 0.4) is 0 Å². The number of carbonyl (C=O) groups is 1. The Morgan fingerprint density at radius 3 is 2.85 bits per heavy atom. The van der Waals surface area contributed by atoms with Crippen molar-refractivity contribution in [3.05, 3.63) is 30.1 Å². The summed E-state index contributed by atoms with van der Waals surface area (Å²) >= 11 is 0. The number of ether oxygens (including phenoxy) is 1. The smallest absolute Gasteiger partial charge is 0.274 e. The molecule has 0 saturated carbocycles. The highest BCUT2D eigenvalue weighted by Gasteiger charge is 2.33. The quantitative estimate of drug-likeness (QED) is 0.744. The van der Waals surface area contributed by atoms with Gasteiger partial charge >= 0.3 is 0 Å². The first kappa shape index (κ1) is 17.4. The minimum absolute atomic E-state index is 0.00199.